The normalized spacial score (nSPS) is 11.5. The summed E-state index contributed by atoms with van der Waals surface area (Å²) in [6.07, 6.45) is 18.7. The Labute approximate surface area is 299 Å². The van der Waals surface area contributed by atoms with Crippen LogP contribution in [0.2, 0.25) is 0 Å². The van der Waals surface area contributed by atoms with Crippen molar-refractivity contribution in [1.29, 1.82) is 0 Å². The molecule has 2 aromatic rings. The number of carbonyl (C=O) groups is 4. The first-order valence-electron chi connectivity index (χ1n) is 19.0. The number of aromatic hydroxyl groups is 2. The van der Waals surface area contributed by atoms with Gasteiger partial charge >= 0.3 is 0 Å². The summed E-state index contributed by atoms with van der Waals surface area (Å²) in [6, 6.07) is 10.1. The Morgan fingerprint density at radius 3 is 1.52 bits per heavy atom. The molecule has 0 aliphatic carbocycles. The van der Waals surface area contributed by atoms with E-state index >= 15 is 0 Å². The van der Waals surface area contributed by atoms with E-state index in [0.29, 0.717) is 25.7 Å². The Balaban J connectivity index is 1.59. The van der Waals surface area contributed by atoms with Gasteiger partial charge in [-0.05, 0) is 61.8 Å². The molecule has 2 aromatic carbocycles. The lowest BCUT2D eigenvalue weighted by molar-refractivity contribution is -0.125. The van der Waals surface area contributed by atoms with Gasteiger partial charge in [0.1, 0.15) is 11.5 Å². The molecular formula is C40H62N4O6. The monoisotopic (exact) mass is 694 g/mol. The van der Waals surface area contributed by atoms with Gasteiger partial charge in [-0.2, -0.15) is 0 Å². The van der Waals surface area contributed by atoms with Crippen molar-refractivity contribution >= 4 is 23.6 Å². The van der Waals surface area contributed by atoms with Crippen LogP contribution in [0, 0.1) is 5.92 Å². The van der Waals surface area contributed by atoms with Gasteiger partial charge in [0.15, 0.2) is 0 Å². The molecule has 10 nitrogen and oxygen atoms in total. The minimum atomic E-state index is -0.517. The highest BCUT2D eigenvalue weighted by molar-refractivity contribution is 6.00. The molecule has 0 bridgehead atoms. The molecule has 10 heteroatoms. The van der Waals surface area contributed by atoms with Crippen molar-refractivity contribution in [3.05, 3.63) is 58.7 Å². The maximum Gasteiger partial charge on any atom is 0.273 e. The van der Waals surface area contributed by atoms with Crippen LogP contribution >= 0.6 is 0 Å². The first kappa shape index (κ1) is 42.1. The first-order valence-corrected chi connectivity index (χ1v) is 19.0. The third-order valence-electron chi connectivity index (χ3n) is 9.16. The molecular weight excluding hydrogens is 632 g/mol. The number of rotatable bonds is 24. The largest absolute Gasteiger partial charge is 0.507 e. The van der Waals surface area contributed by atoms with Crippen LogP contribution in [0.15, 0.2) is 36.4 Å². The summed E-state index contributed by atoms with van der Waals surface area (Å²) in [5.74, 6) is -2.04. The molecule has 4 amide bonds. The van der Waals surface area contributed by atoms with Gasteiger partial charge in [-0.1, -0.05) is 129 Å². The van der Waals surface area contributed by atoms with Crippen LogP contribution in [0.5, 0.6) is 11.5 Å². The van der Waals surface area contributed by atoms with Gasteiger partial charge in [-0.15, -0.1) is 0 Å². The second kappa shape index (κ2) is 25.0. The van der Waals surface area contributed by atoms with Gasteiger partial charge in [0, 0.05) is 12.3 Å². The molecule has 6 N–H and O–H groups in total. The molecule has 1 atom stereocenters. The van der Waals surface area contributed by atoms with Crippen molar-refractivity contribution in [2.24, 2.45) is 5.92 Å². The number of amides is 4. The van der Waals surface area contributed by atoms with Crippen molar-refractivity contribution in [1.82, 2.24) is 21.7 Å². The number of hydrazine groups is 2. The molecule has 0 radical (unpaired) electrons. The van der Waals surface area contributed by atoms with Crippen LogP contribution in [0.4, 0.5) is 0 Å². The first-order chi connectivity index (χ1) is 24.2. The zero-order valence-electron chi connectivity index (χ0n) is 30.7. The van der Waals surface area contributed by atoms with Gasteiger partial charge in [0.05, 0.1) is 11.1 Å². The predicted molar refractivity (Wildman–Crippen MR) is 198 cm³/mol. The predicted octanol–water partition coefficient (Wildman–Crippen LogP) is 8.10. The van der Waals surface area contributed by atoms with E-state index in [4.69, 9.17) is 0 Å². The summed E-state index contributed by atoms with van der Waals surface area (Å²) in [6.45, 7) is 6.16. The highest BCUT2D eigenvalue weighted by Crippen LogP contribution is 2.24. The molecule has 0 heterocycles. The zero-order chi connectivity index (χ0) is 36.6. The molecule has 0 aliphatic heterocycles. The molecule has 278 valence electrons. The lowest BCUT2D eigenvalue weighted by Gasteiger charge is -2.15. The van der Waals surface area contributed by atoms with Crippen LogP contribution in [-0.2, 0) is 22.4 Å². The molecule has 2 rings (SSSR count). The Hall–Kier alpha value is -4.08. The average Bonchev–Trinajstić information content (AvgIpc) is 3.10. The van der Waals surface area contributed by atoms with E-state index in [0.717, 1.165) is 94.6 Å². The molecule has 0 spiro atoms. The van der Waals surface area contributed by atoms with E-state index in [1.165, 1.54) is 25.0 Å². The summed E-state index contributed by atoms with van der Waals surface area (Å²) in [5.41, 5.74) is 11.9. The SMILES string of the molecule is CCCCCCCc1cccc(O)c1C(=O)NNC(=O)CCCCCCCCC(C)C(=O)NNC(=O)c1c(O)cccc1CCCCCCC. The van der Waals surface area contributed by atoms with E-state index in [2.05, 4.69) is 35.6 Å². The Kier molecular flexibility index (Phi) is 21.0. The fourth-order valence-corrected chi connectivity index (χ4v) is 6.08. The van der Waals surface area contributed by atoms with Gasteiger partial charge in [-0.3, -0.25) is 40.9 Å². The maximum absolute atomic E-state index is 12.8. The summed E-state index contributed by atoms with van der Waals surface area (Å²) in [4.78, 5) is 50.5. The second-order valence-electron chi connectivity index (χ2n) is 13.5. The van der Waals surface area contributed by atoms with Crippen molar-refractivity contribution in [3.8, 4) is 11.5 Å². The highest BCUT2D eigenvalue weighted by atomic mass is 16.3. The second-order valence-corrected chi connectivity index (χ2v) is 13.5. The van der Waals surface area contributed by atoms with E-state index in [1.54, 1.807) is 12.1 Å². The molecule has 0 aromatic heterocycles. The quantitative estimate of drug-likeness (QED) is 0.0482. The van der Waals surface area contributed by atoms with Gasteiger partial charge < -0.3 is 10.2 Å². The van der Waals surface area contributed by atoms with E-state index < -0.39 is 11.8 Å². The summed E-state index contributed by atoms with van der Waals surface area (Å²) in [5, 5.41) is 20.7. The number of nitrogens with one attached hydrogen (secondary N) is 4. The molecule has 0 saturated heterocycles. The van der Waals surface area contributed by atoms with Crippen LogP contribution in [0.1, 0.15) is 168 Å². The van der Waals surface area contributed by atoms with Gasteiger partial charge in [0.25, 0.3) is 11.8 Å². The van der Waals surface area contributed by atoms with E-state index in [1.807, 2.05) is 19.1 Å². The molecule has 0 saturated carbocycles. The Bertz CT molecular complexity index is 1330. The fourth-order valence-electron chi connectivity index (χ4n) is 6.08. The number of aryl methyl sites for hydroxylation is 2. The van der Waals surface area contributed by atoms with Crippen molar-refractivity contribution in [2.75, 3.05) is 0 Å². The number of phenolic OH excluding ortho intramolecular Hbond substituents is 2. The van der Waals surface area contributed by atoms with Gasteiger partial charge in [-0.25, -0.2) is 0 Å². The minimum absolute atomic E-state index is 0.0917. The van der Waals surface area contributed by atoms with Crippen molar-refractivity contribution in [2.45, 2.75) is 149 Å². The highest BCUT2D eigenvalue weighted by Gasteiger charge is 2.19. The van der Waals surface area contributed by atoms with Crippen LogP contribution < -0.4 is 21.7 Å². The topological polar surface area (TPSA) is 157 Å². The standard InChI is InChI=1S/C40H62N4O6/c1-4-6-8-12-17-23-31-25-20-27-33(45)36(31)39(49)43-41-35(47)29-19-15-11-10-14-16-22-30(3)38(48)42-44-40(50)37-32(26-21-28-34(37)46)24-18-13-9-7-5-2/h20-21,25-28,30,45-46H,4-19,22-24,29H2,1-3H3,(H,41,47)(H,42,48)(H,43,49)(H,44,50). The van der Waals surface area contributed by atoms with Crippen molar-refractivity contribution in [3.63, 3.8) is 0 Å². The van der Waals surface area contributed by atoms with Gasteiger partial charge in [0.2, 0.25) is 11.8 Å². The number of unbranched alkanes of at least 4 members (excludes halogenated alkanes) is 13. The van der Waals surface area contributed by atoms with Crippen molar-refractivity contribution < 1.29 is 29.4 Å². The van der Waals surface area contributed by atoms with Crippen LogP contribution in [0.25, 0.3) is 0 Å². The molecule has 1 unspecified atom stereocenters. The van der Waals surface area contributed by atoms with Crippen LogP contribution in [-0.4, -0.2) is 33.8 Å². The summed E-state index contributed by atoms with van der Waals surface area (Å²) in [7, 11) is 0. The Morgan fingerprint density at radius 1 is 0.560 bits per heavy atom. The maximum atomic E-state index is 12.8. The number of carbonyl (C=O) groups excluding carboxylic acids is 4. The lowest BCUT2D eigenvalue weighted by atomic mass is 9.99. The summed E-state index contributed by atoms with van der Waals surface area (Å²) >= 11 is 0. The number of benzene rings is 2. The van der Waals surface area contributed by atoms with E-state index in [9.17, 15) is 29.4 Å². The zero-order valence-corrected chi connectivity index (χ0v) is 30.7. The average molecular weight is 695 g/mol. The lowest BCUT2D eigenvalue weighted by Crippen LogP contribution is -2.44. The smallest absolute Gasteiger partial charge is 0.273 e. The fraction of sp³-hybridized carbons (Fsp3) is 0.600. The number of hydrogen-bond donors (Lipinski definition) is 6. The van der Waals surface area contributed by atoms with Crippen LogP contribution in [0.3, 0.4) is 0 Å². The third-order valence-corrected chi connectivity index (χ3v) is 9.16. The Morgan fingerprint density at radius 2 is 1.00 bits per heavy atom. The number of phenols is 2. The third kappa shape index (κ3) is 16.1. The molecule has 0 fully saturated rings. The van der Waals surface area contributed by atoms with E-state index in [-0.39, 0.29) is 46.8 Å². The summed E-state index contributed by atoms with van der Waals surface area (Å²) < 4.78 is 0. The molecule has 0 aliphatic rings. The number of hydrogen-bond acceptors (Lipinski definition) is 6. The molecule has 50 heavy (non-hydrogen) atoms. The minimum Gasteiger partial charge on any atom is -0.507 e.